The molecule has 0 bridgehead atoms. The molecule has 7 nitrogen and oxygen atoms in total. The van der Waals surface area contributed by atoms with Crippen LogP contribution in [0, 0.1) is 0 Å². The van der Waals surface area contributed by atoms with Crippen molar-refractivity contribution in [3.8, 4) is 5.75 Å². The molecule has 0 amide bonds. The molecular formula is C16H16ClN3O4S. The van der Waals surface area contributed by atoms with Gasteiger partial charge in [0.25, 0.3) is 10.0 Å². The monoisotopic (exact) mass is 381 g/mol. The summed E-state index contributed by atoms with van der Waals surface area (Å²) in [6.45, 7) is 0. The number of halogens is 1. The topological polar surface area (TPSA) is 82.3 Å². The highest BCUT2D eigenvalue weighted by Gasteiger charge is 2.21. The van der Waals surface area contributed by atoms with Crippen LogP contribution < -0.4 is 15.1 Å². The number of nitrogens with zero attached hydrogens (tertiary/aromatic N) is 2. The molecule has 25 heavy (non-hydrogen) atoms. The van der Waals surface area contributed by atoms with Crippen molar-refractivity contribution in [3.63, 3.8) is 0 Å². The number of fused-ring (bicyclic) bond motifs is 1. The van der Waals surface area contributed by atoms with E-state index in [1.165, 1.54) is 28.4 Å². The van der Waals surface area contributed by atoms with Gasteiger partial charge in [-0.25, -0.2) is 13.2 Å². The molecule has 1 aromatic heterocycles. The molecule has 1 heterocycles. The molecule has 0 spiro atoms. The van der Waals surface area contributed by atoms with E-state index >= 15 is 0 Å². The molecule has 3 rings (SSSR count). The normalized spacial score (nSPS) is 11.7. The lowest BCUT2D eigenvalue weighted by atomic mass is 10.3. The minimum Gasteiger partial charge on any atom is -0.497 e. The number of aryl methyl sites for hydroxylation is 2. The van der Waals surface area contributed by atoms with Crippen LogP contribution in [-0.2, 0) is 24.1 Å². The summed E-state index contributed by atoms with van der Waals surface area (Å²) in [7, 11) is 0.781. The quantitative estimate of drug-likeness (QED) is 0.752. The molecule has 3 aromatic rings. The van der Waals surface area contributed by atoms with Gasteiger partial charge in [-0.05, 0) is 36.4 Å². The first kappa shape index (κ1) is 17.4. The minimum atomic E-state index is -3.92. The van der Waals surface area contributed by atoms with Gasteiger partial charge in [0.1, 0.15) is 10.6 Å². The largest absolute Gasteiger partial charge is 0.497 e. The van der Waals surface area contributed by atoms with Gasteiger partial charge in [-0.2, -0.15) is 0 Å². The second-order valence-corrected chi connectivity index (χ2v) is 7.56. The van der Waals surface area contributed by atoms with Crippen LogP contribution in [-0.4, -0.2) is 24.7 Å². The molecule has 1 N–H and O–H groups in total. The molecule has 0 saturated carbocycles. The summed E-state index contributed by atoms with van der Waals surface area (Å²) in [5.74, 6) is 0.613. The van der Waals surface area contributed by atoms with Crippen molar-refractivity contribution in [1.29, 1.82) is 0 Å². The summed E-state index contributed by atoms with van der Waals surface area (Å²) in [4.78, 5) is 11.9. The van der Waals surface area contributed by atoms with E-state index in [9.17, 15) is 13.2 Å². The third kappa shape index (κ3) is 2.98. The van der Waals surface area contributed by atoms with Gasteiger partial charge in [0.15, 0.2) is 0 Å². The zero-order valence-electron chi connectivity index (χ0n) is 13.8. The predicted octanol–water partition coefficient (Wildman–Crippen LogP) is 2.34. The molecule has 0 saturated heterocycles. The second-order valence-electron chi connectivity index (χ2n) is 5.51. The Morgan fingerprint density at radius 2 is 1.60 bits per heavy atom. The molecule has 0 aliphatic rings. The van der Waals surface area contributed by atoms with Crippen molar-refractivity contribution < 1.29 is 13.2 Å². The van der Waals surface area contributed by atoms with E-state index in [2.05, 4.69) is 4.72 Å². The number of hydrogen-bond donors (Lipinski definition) is 1. The predicted molar refractivity (Wildman–Crippen MR) is 97.0 cm³/mol. The van der Waals surface area contributed by atoms with Gasteiger partial charge < -0.3 is 4.74 Å². The lowest BCUT2D eigenvalue weighted by Gasteiger charge is -2.11. The third-order valence-corrected chi connectivity index (χ3v) is 5.80. The number of aromatic nitrogens is 2. The summed E-state index contributed by atoms with van der Waals surface area (Å²) in [5, 5.41) is 0.0368. The number of hydrogen-bond acceptors (Lipinski definition) is 4. The second kappa shape index (κ2) is 6.12. The van der Waals surface area contributed by atoms with Crippen LogP contribution in [0.2, 0.25) is 5.02 Å². The SMILES string of the molecule is COc1ccc(NS(=O)(=O)c2cc3c(cc2Cl)n(C)c(=O)n3C)cc1. The lowest BCUT2D eigenvalue weighted by molar-refractivity contribution is 0.415. The maximum atomic E-state index is 12.7. The summed E-state index contributed by atoms with van der Waals surface area (Å²) < 4.78 is 35.7. The van der Waals surface area contributed by atoms with Crippen LogP contribution in [0.5, 0.6) is 5.75 Å². The Bertz CT molecular complexity index is 1110. The van der Waals surface area contributed by atoms with Crippen LogP contribution in [0.4, 0.5) is 5.69 Å². The molecule has 0 unspecified atom stereocenters. The van der Waals surface area contributed by atoms with Crippen molar-refractivity contribution in [3.05, 3.63) is 51.9 Å². The minimum absolute atomic E-state index is 0.0368. The first-order chi connectivity index (χ1) is 11.7. The Labute approximate surface area is 149 Å². The summed E-state index contributed by atoms with van der Waals surface area (Å²) in [6.07, 6.45) is 0. The summed E-state index contributed by atoms with van der Waals surface area (Å²) in [5.41, 5.74) is 1.15. The van der Waals surface area contributed by atoms with Crippen LogP contribution >= 0.6 is 11.6 Å². The van der Waals surface area contributed by atoms with Crippen molar-refractivity contribution in [2.75, 3.05) is 11.8 Å². The van der Waals surface area contributed by atoms with Crippen LogP contribution in [0.15, 0.2) is 46.1 Å². The standard InChI is InChI=1S/C16H16ClN3O4S/c1-19-13-8-12(17)15(9-14(13)20(2)16(19)21)25(22,23)18-10-4-6-11(24-3)7-5-10/h4-9,18H,1-3H3. The van der Waals surface area contributed by atoms with E-state index in [0.717, 1.165) is 0 Å². The number of anilines is 1. The number of nitrogens with one attached hydrogen (secondary N) is 1. The van der Waals surface area contributed by atoms with E-state index in [1.54, 1.807) is 38.4 Å². The Kier molecular flexibility index (Phi) is 4.26. The van der Waals surface area contributed by atoms with Crippen LogP contribution in [0.1, 0.15) is 0 Å². The molecule has 132 valence electrons. The molecule has 0 atom stereocenters. The Balaban J connectivity index is 2.08. The maximum absolute atomic E-state index is 12.7. The summed E-state index contributed by atoms with van der Waals surface area (Å²) >= 11 is 6.17. The fourth-order valence-corrected chi connectivity index (χ4v) is 4.18. The number of sulfonamides is 1. The number of imidazole rings is 1. The van der Waals surface area contributed by atoms with E-state index in [1.807, 2.05) is 0 Å². The fourth-order valence-electron chi connectivity index (χ4n) is 2.58. The average Bonchev–Trinajstić information content (AvgIpc) is 2.78. The van der Waals surface area contributed by atoms with E-state index in [0.29, 0.717) is 22.5 Å². The molecule has 0 radical (unpaired) electrons. The summed E-state index contributed by atoms with van der Waals surface area (Å²) in [6, 6.07) is 9.32. The first-order valence-corrected chi connectivity index (χ1v) is 9.12. The van der Waals surface area contributed by atoms with Gasteiger partial charge >= 0.3 is 5.69 Å². The third-order valence-electron chi connectivity index (χ3n) is 3.96. The number of rotatable bonds is 4. The van der Waals surface area contributed by atoms with Crippen molar-refractivity contribution >= 4 is 38.3 Å². The van der Waals surface area contributed by atoms with Crippen molar-refractivity contribution in [1.82, 2.24) is 9.13 Å². The Morgan fingerprint density at radius 3 is 2.16 bits per heavy atom. The van der Waals surface area contributed by atoms with E-state index in [4.69, 9.17) is 16.3 Å². The number of ether oxygens (including phenoxy) is 1. The maximum Gasteiger partial charge on any atom is 0.328 e. The molecule has 9 heteroatoms. The Hall–Kier alpha value is -2.45. The molecule has 0 aliphatic heterocycles. The fraction of sp³-hybridized carbons (Fsp3) is 0.188. The molecule has 0 fully saturated rings. The highest BCUT2D eigenvalue weighted by molar-refractivity contribution is 7.92. The zero-order valence-corrected chi connectivity index (χ0v) is 15.4. The number of methoxy groups -OCH3 is 1. The smallest absolute Gasteiger partial charge is 0.328 e. The molecule has 2 aromatic carbocycles. The number of benzene rings is 2. The average molecular weight is 382 g/mol. The lowest BCUT2D eigenvalue weighted by Crippen LogP contribution is -2.19. The van der Waals surface area contributed by atoms with Crippen molar-refractivity contribution in [2.45, 2.75) is 4.90 Å². The molecular weight excluding hydrogens is 366 g/mol. The highest BCUT2D eigenvalue weighted by Crippen LogP contribution is 2.28. The van der Waals surface area contributed by atoms with Crippen LogP contribution in [0.3, 0.4) is 0 Å². The van der Waals surface area contributed by atoms with Crippen molar-refractivity contribution in [2.24, 2.45) is 14.1 Å². The Morgan fingerprint density at radius 1 is 1.04 bits per heavy atom. The van der Waals surface area contributed by atoms with Gasteiger partial charge in [-0.15, -0.1) is 0 Å². The highest BCUT2D eigenvalue weighted by atomic mass is 35.5. The molecule has 0 aliphatic carbocycles. The first-order valence-electron chi connectivity index (χ1n) is 7.26. The van der Waals surface area contributed by atoms with E-state index < -0.39 is 10.0 Å². The van der Waals surface area contributed by atoms with Gasteiger partial charge in [0, 0.05) is 19.8 Å². The van der Waals surface area contributed by atoms with Crippen LogP contribution in [0.25, 0.3) is 11.0 Å². The van der Waals surface area contributed by atoms with Gasteiger partial charge in [-0.3, -0.25) is 13.9 Å². The zero-order chi connectivity index (χ0) is 18.4. The van der Waals surface area contributed by atoms with Gasteiger partial charge in [0.05, 0.1) is 23.2 Å². The van der Waals surface area contributed by atoms with Gasteiger partial charge in [-0.1, -0.05) is 11.6 Å². The van der Waals surface area contributed by atoms with E-state index in [-0.39, 0.29) is 15.6 Å². The van der Waals surface area contributed by atoms with Gasteiger partial charge in [0.2, 0.25) is 0 Å².